The van der Waals surface area contributed by atoms with E-state index in [2.05, 4.69) is 18.6 Å². The molecule has 0 atom stereocenters. The summed E-state index contributed by atoms with van der Waals surface area (Å²) in [6.07, 6.45) is 1.60. The van der Waals surface area contributed by atoms with Crippen LogP contribution in [-0.2, 0) is 14.8 Å². The van der Waals surface area contributed by atoms with Gasteiger partial charge in [-0.25, -0.2) is 13.1 Å². The Labute approximate surface area is 93.4 Å². The third-order valence-electron chi connectivity index (χ3n) is 1.79. The van der Waals surface area contributed by atoms with E-state index in [9.17, 15) is 8.42 Å². The van der Waals surface area contributed by atoms with Gasteiger partial charge in [0.05, 0.1) is 12.4 Å². The lowest BCUT2D eigenvalue weighted by Crippen LogP contribution is -2.29. The van der Waals surface area contributed by atoms with Crippen LogP contribution in [0.2, 0.25) is 0 Å². The summed E-state index contributed by atoms with van der Waals surface area (Å²) >= 11 is 0. The number of sulfonamides is 1. The first-order valence-electron chi connectivity index (χ1n) is 5.53. The van der Waals surface area contributed by atoms with Gasteiger partial charge >= 0.3 is 0 Å². The zero-order chi connectivity index (χ0) is 11.7. The average molecular weight is 237 g/mol. The van der Waals surface area contributed by atoms with Crippen molar-refractivity contribution in [3.05, 3.63) is 0 Å². The largest absolute Gasteiger partial charge is 0.380 e. The Balaban J connectivity index is 3.49. The highest BCUT2D eigenvalue weighted by atomic mass is 32.2. The Hall–Kier alpha value is -0.130. The molecule has 0 spiro atoms. The second kappa shape index (κ2) is 8.07. The van der Waals surface area contributed by atoms with Crippen LogP contribution in [0.15, 0.2) is 0 Å². The Morgan fingerprint density at radius 2 is 2.00 bits per heavy atom. The minimum atomic E-state index is -3.07. The highest BCUT2D eigenvalue weighted by Gasteiger charge is 2.07. The molecule has 4 nitrogen and oxygen atoms in total. The Kier molecular flexibility index (Phi) is 8.00. The van der Waals surface area contributed by atoms with Crippen molar-refractivity contribution in [2.45, 2.75) is 33.6 Å². The van der Waals surface area contributed by atoms with Gasteiger partial charge in [0.25, 0.3) is 0 Å². The predicted octanol–water partition coefficient (Wildman–Crippen LogP) is 1.38. The minimum Gasteiger partial charge on any atom is -0.380 e. The first-order chi connectivity index (χ1) is 6.98. The topological polar surface area (TPSA) is 55.4 Å². The maximum atomic E-state index is 11.3. The summed E-state index contributed by atoms with van der Waals surface area (Å²) in [6, 6.07) is 0. The van der Waals surface area contributed by atoms with Crippen LogP contribution in [0, 0.1) is 5.92 Å². The molecular weight excluding hydrogens is 214 g/mol. The number of ether oxygens (including phenoxy) is 1. The fraction of sp³-hybridized carbons (Fsp3) is 1.00. The summed E-state index contributed by atoms with van der Waals surface area (Å²) in [7, 11) is -3.07. The first kappa shape index (κ1) is 14.9. The van der Waals surface area contributed by atoms with Crippen molar-refractivity contribution in [3.8, 4) is 0 Å². The molecule has 0 aromatic carbocycles. The van der Waals surface area contributed by atoms with Gasteiger partial charge in [0.1, 0.15) is 0 Å². The van der Waals surface area contributed by atoms with Gasteiger partial charge < -0.3 is 4.74 Å². The summed E-state index contributed by atoms with van der Waals surface area (Å²) < 4.78 is 30.4. The molecule has 0 fully saturated rings. The zero-order valence-electron chi connectivity index (χ0n) is 9.95. The van der Waals surface area contributed by atoms with Gasteiger partial charge in [-0.15, -0.1) is 0 Å². The molecule has 0 unspecified atom stereocenters. The third-order valence-corrected chi connectivity index (χ3v) is 3.26. The number of hydrogen-bond donors (Lipinski definition) is 1. The van der Waals surface area contributed by atoms with E-state index in [1.165, 1.54) is 0 Å². The number of unbranched alkanes of at least 4 members (excludes halogenated alkanes) is 1. The molecular formula is C10H23NO3S. The van der Waals surface area contributed by atoms with Crippen molar-refractivity contribution in [2.24, 2.45) is 5.92 Å². The lowest BCUT2D eigenvalue weighted by molar-refractivity contribution is 0.114. The fourth-order valence-corrected chi connectivity index (χ4v) is 2.20. The average Bonchev–Trinajstić information content (AvgIpc) is 2.14. The van der Waals surface area contributed by atoms with Crippen LogP contribution in [0.4, 0.5) is 0 Å². The molecule has 0 aliphatic rings. The molecule has 0 rings (SSSR count). The Morgan fingerprint density at radius 1 is 1.33 bits per heavy atom. The van der Waals surface area contributed by atoms with Crippen molar-refractivity contribution < 1.29 is 13.2 Å². The highest BCUT2D eigenvalue weighted by Crippen LogP contribution is 1.94. The first-order valence-corrected chi connectivity index (χ1v) is 7.18. The molecule has 0 aliphatic heterocycles. The second-order valence-electron chi connectivity index (χ2n) is 4.04. The van der Waals surface area contributed by atoms with E-state index >= 15 is 0 Å². The van der Waals surface area contributed by atoms with E-state index < -0.39 is 10.0 Å². The molecule has 5 heteroatoms. The van der Waals surface area contributed by atoms with Crippen molar-refractivity contribution in [1.29, 1.82) is 0 Å². The van der Waals surface area contributed by atoms with Crippen LogP contribution >= 0.6 is 0 Å². The van der Waals surface area contributed by atoms with E-state index in [1.807, 2.05) is 6.92 Å². The normalized spacial score (nSPS) is 12.3. The molecule has 0 aromatic heterocycles. The van der Waals surface area contributed by atoms with E-state index in [0.717, 1.165) is 6.42 Å². The van der Waals surface area contributed by atoms with Gasteiger partial charge in [-0.1, -0.05) is 27.2 Å². The van der Waals surface area contributed by atoms with Gasteiger partial charge in [0.15, 0.2) is 0 Å². The molecule has 0 saturated carbocycles. The minimum absolute atomic E-state index is 0.216. The predicted molar refractivity (Wildman–Crippen MR) is 62.4 cm³/mol. The molecule has 0 radical (unpaired) electrons. The maximum Gasteiger partial charge on any atom is 0.211 e. The summed E-state index contributed by atoms with van der Waals surface area (Å²) in [4.78, 5) is 0. The molecule has 0 heterocycles. The zero-order valence-corrected chi connectivity index (χ0v) is 10.8. The molecule has 92 valence electrons. The van der Waals surface area contributed by atoms with E-state index in [4.69, 9.17) is 4.74 Å². The number of rotatable bonds is 9. The molecule has 0 saturated heterocycles. The van der Waals surface area contributed by atoms with Gasteiger partial charge in [-0.3, -0.25) is 0 Å². The van der Waals surface area contributed by atoms with Crippen LogP contribution < -0.4 is 4.72 Å². The molecule has 0 amide bonds. The van der Waals surface area contributed by atoms with E-state index in [0.29, 0.717) is 32.1 Å². The van der Waals surface area contributed by atoms with Crippen molar-refractivity contribution >= 4 is 10.0 Å². The summed E-state index contributed by atoms with van der Waals surface area (Å²) in [6.45, 7) is 7.59. The summed E-state index contributed by atoms with van der Waals surface area (Å²) in [5.41, 5.74) is 0. The SMILES string of the molecule is CCCCS(=O)(=O)NCCOCC(C)C. The number of nitrogens with one attached hydrogen (secondary N) is 1. The monoisotopic (exact) mass is 237 g/mol. The Morgan fingerprint density at radius 3 is 2.53 bits per heavy atom. The van der Waals surface area contributed by atoms with E-state index in [1.54, 1.807) is 0 Å². The van der Waals surface area contributed by atoms with Gasteiger partial charge in [-0.05, 0) is 12.3 Å². The van der Waals surface area contributed by atoms with Crippen LogP contribution in [0.25, 0.3) is 0 Å². The standard InChI is InChI=1S/C10H23NO3S/c1-4-5-8-15(12,13)11-6-7-14-9-10(2)3/h10-11H,4-9H2,1-3H3. The summed E-state index contributed by atoms with van der Waals surface area (Å²) in [5.74, 6) is 0.704. The molecule has 0 aliphatic carbocycles. The fourth-order valence-electron chi connectivity index (χ4n) is 0.995. The summed E-state index contributed by atoms with van der Waals surface area (Å²) in [5, 5.41) is 0. The van der Waals surface area contributed by atoms with Crippen molar-refractivity contribution in [2.75, 3.05) is 25.5 Å². The molecule has 15 heavy (non-hydrogen) atoms. The molecule has 0 aromatic rings. The maximum absolute atomic E-state index is 11.3. The second-order valence-corrected chi connectivity index (χ2v) is 5.96. The van der Waals surface area contributed by atoms with Gasteiger partial charge in [0, 0.05) is 13.2 Å². The van der Waals surface area contributed by atoms with E-state index in [-0.39, 0.29) is 5.75 Å². The quantitative estimate of drug-likeness (QED) is 0.616. The Bertz CT molecular complexity index is 237. The van der Waals surface area contributed by atoms with Gasteiger partial charge in [0.2, 0.25) is 10.0 Å². The van der Waals surface area contributed by atoms with Crippen molar-refractivity contribution in [3.63, 3.8) is 0 Å². The molecule has 0 bridgehead atoms. The highest BCUT2D eigenvalue weighted by molar-refractivity contribution is 7.89. The number of hydrogen-bond acceptors (Lipinski definition) is 3. The lowest BCUT2D eigenvalue weighted by atomic mass is 10.2. The van der Waals surface area contributed by atoms with Crippen LogP contribution in [0.5, 0.6) is 0 Å². The molecule has 1 N–H and O–H groups in total. The van der Waals surface area contributed by atoms with Crippen LogP contribution in [0.3, 0.4) is 0 Å². The third kappa shape index (κ3) is 10.2. The van der Waals surface area contributed by atoms with Crippen LogP contribution in [0.1, 0.15) is 33.6 Å². The lowest BCUT2D eigenvalue weighted by Gasteiger charge is -2.08. The van der Waals surface area contributed by atoms with Gasteiger partial charge in [-0.2, -0.15) is 0 Å². The van der Waals surface area contributed by atoms with Crippen LogP contribution in [-0.4, -0.2) is 33.9 Å². The van der Waals surface area contributed by atoms with Crippen molar-refractivity contribution in [1.82, 2.24) is 4.72 Å². The smallest absolute Gasteiger partial charge is 0.211 e.